The zero-order chi connectivity index (χ0) is 23.2. The zero-order valence-electron chi connectivity index (χ0n) is 17.7. The second-order valence-electron chi connectivity index (χ2n) is 7.54. The first-order valence-corrected chi connectivity index (χ1v) is 10.5. The predicted molar refractivity (Wildman–Crippen MR) is 123 cm³/mol. The number of nitrogens with zero attached hydrogens (tertiary/aromatic N) is 3. The number of carbonyl (C=O) groups is 2. The van der Waals surface area contributed by atoms with Gasteiger partial charge in [0.2, 0.25) is 5.91 Å². The van der Waals surface area contributed by atoms with E-state index in [1.54, 1.807) is 29.3 Å². The molecule has 2 heterocycles. The van der Waals surface area contributed by atoms with Crippen LogP contribution in [0, 0.1) is 11.6 Å². The Morgan fingerprint density at radius 3 is 2.36 bits per heavy atom. The molecule has 0 unspecified atom stereocenters. The number of pyridine rings is 1. The van der Waals surface area contributed by atoms with Gasteiger partial charge in [-0.25, -0.2) is 13.8 Å². The molecule has 4 rings (SSSR count). The fraction of sp³-hybridized carbons (Fsp3) is 0.160. The van der Waals surface area contributed by atoms with Crippen molar-refractivity contribution in [1.29, 1.82) is 0 Å². The summed E-state index contributed by atoms with van der Waals surface area (Å²) in [6.45, 7) is 1.82. The lowest BCUT2D eigenvalue weighted by molar-refractivity contribution is -0.111. The maximum atomic E-state index is 13.9. The van der Waals surface area contributed by atoms with Crippen LogP contribution < -0.4 is 10.2 Å². The Hall–Kier alpha value is -4.07. The summed E-state index contributed by atoms with van der Waals surface area (Å²) in [5.74, 6) is -1.57. The Morgan fingerprint density at radius 1 is 0.939 bits per heavy atom. The molecule has 2 aromatic carbocycles. The van der Waals surface area contributed by atoms with Gasteiger partial charge in [-0.3, -0.25) is 9.59 Å². The van der Waals surface area contributed by atoms with E-state index in [9.17, 15) is 18.4 Å². The van der Waals surface area contributed by atoms with E-state index in [1.807, 2.05) is 35.2 Å². The van der Waals surface area contributed by atoms with Crippen LogP contribution in [0.2, 0.25) is 0 Å². The number of hydrogen-bond donors (Lipinski definition) is 1. The van der Waals surface area contributed by atoms with Gasteiger partial charge in [-0.2, -0.15) is 0 Å². The lowest BCUT2D eigenvalue weighted by Gasteiger charge is -2.35. The molecule has 0 spiro atoms. The quantitative estimate of drug-likeness (QED) is 0.600. The second-order valence-corrected chi connectivity index (χ2v) is 7.54. The molecule has 6 nitrogen and oxygen atoms in total. The standard InChI is InChI=1S/C25H22F2N4O2/c26-19-7-9-21(22(27)16-19)25(33)31-14-12-30(13-15-31)23-10-8-20(17-28-23)29-24(32)11-6-18-4-2-1-3-5-18/h1-11,16-17H,12-15H2,(H,29,32)/b11-6+. The highest BCUT2D eigenvalue weighted by molar-refractivity contribution is 6.01. The largest absolute Gasteiger partial charge is 0.353 e. The number of piperazine rings is 1. The number of benzene rings is 2. The minimum Gasteiger partial charge on any atom is -0.353 e. The number of aromatic nitrogens is 1. The number of rotatable bonds is 5. The highest BCUT2D eigenvalue weighted by Gasteiger charge is 2.24. The topological polar surface area (TPSA) is 65.5 Å². The van der Waals surface area contributed by atoms with Crippen molar-refractivity contribution in [2.45, 2.75) is 0 Å². The molecule has 0 aliphatic carbocycles. The molecule has 0 atom stereocenters. The van der Waals surface area contributed by atoms with E-state index >= 15 is 0 Å². The molecule has 2 amide bonds. The Kier molecular flexibility index (Phi) is 6.73. The molecule has 1 aliphatic rings. The molecular formula is C25H22F2N4O2. The minimum atomic E-state index is -0.861. The summed E-state index contributed by atoms with van der Waals surface area (Å²) >= 11 is 0. The van der Waals surface area contributed by atoms with E-state index < -0.39 is 17.5 Å². The van der Waals surface area contributed by atoms with Crippen molar-refractivity contribution < 1.29 is 18.4 Å². The molecule has 0 radical (unpaired) electrons. The Morgan fingerprint density at radius 2 is 1.70 bits per heavy atom. The smallest absolute Gasteiger partial charge is 0.256 e. The van der Waals surface area contributed by atoms with Crippen molar-refractivity contribution in [2.75, 3.05) is 36.4 Å². The van der Waals surface area contributed by atoms with E-state index in [4.69, 9.17) is 0 Å². The number of halogens is 2. The number of nitrogens with one attached hydrogen (secondary N) is 1. The Bertz CT molecular complexity index is 1160. The molecule has 1 saturated heterocycles. The normalized spacial score (nSPS) is 13.9. The summed E-state index contributed by atoms with van der Waals surface area (Å²) in [7, 11) is 0. The third-order valence-corrected chi connectivity index (χ3v) is 5.29. The molecule has 8 heteroatoms. The van der Waals surface area contributed by atoms with Gasteiger partial charge in [0.15, 0.2) is 0 Å². The van der Waals surface area contributed by atoms with Gasteiger partial charge in [-0.1, -0.05) is 30.3 Å². The van der Waals surface area contributed by atoms with Gasteiger partial charge in [0.1, 0.15) is 17.5 Å². The summed E-state index contributed by atoms with van der Waals surface area (Å²) in [6.07, 6.45) is 4.77. The first-order chi connectivity index (χ1) is 16.0. The molecule has 1 fully saturated rings. The van der Waals surface area contributed by atoms with Gasteiger partial charge in [-0.15, -0.1) is 0 Å². The average Bonchev–Trinajstić information content (AvgIpc) is 2.84. The highest BCUT2D eigenvalue weighted by Crippen LogP contribution is 2.18. The fourth-order valence-corrected chi connectivity index (χ4v) is 3.54. The molecule has 3 aromatic rings. The van der Waals surface area contributed by atoms with Crippen LogP contribution >= 0.6 is 0 Å². The SMILES string of the molecule is O=C(/C=C/c1ccccc1)Nc1ccc(N2CCN(C(=O)c3ccc(F)cc3F)CC2)nc1. The molecule has 0 bridgehead atoms. The Labute approximate surface area is 190 Å². The molecular weight excluding hydrogens is 426 g/mol. The molecule has 0 saturated carbocycles. The molecule has 1 aromatic heterocycles. The molecule has 33 heavy (non-hydrogen) atoms. The van der Waals surface area contributed by atoms with Crippen molar-refractivity contribution in [3.05, 3.63) is 95.7 Å². The van der Waals surface area contributed by atoms with Crippen LogP contribution in [0.1, 0.15) is 15.9 Å². The third-order valence-electron chi connectivity index (χ3n) is 5.29. The second kappa shape index (κ2) is 10.0. The van der Waals surface area contributed by atoms with Crippen LogP contribution in [0.15, 0.2) is 72.9 Å². The van der Waals surface area contributed by atoms with Crippen LogP contribution in [0.4, 0.5) is 20.3 Å². The number of amides is 2. The highest BCUT2D eigenvalue weighted by atomic mass is 19.1. The van der Waals surface area contributed by atoms with E-state index in [1.165, 1.54) is 12.1 Å². The van der Waals surface area contributed by atoms with Gasteiger partial charge in [0.25, 0.3) is 5.91 Å². The van der Waals surface area contributed by atoms with Crippen LogP contribution in [0.3, 0.4) is 0 Å². The maximum absolute atomic E-state index is 13.9. The van der Waals surface area contributed by atoms with Gasteiger partial charge in [0, 0.05) is 38.3 Å². The lowest BCUT2D eigenvalue weighted by atomic mass is 10.1. The van der Waals surface area contributed by atoms with E-state index in [0.29, 0.717) is 43.8 Å². The van der Waals surface area contributed by atoms with Crippen LogP contribution in [0.5, 0.6) is 0 Å². The molecule has 1 aliphatic heterocycles. The lowest BCUT2D eigenvalue weighted by Crippen LogP contribution is -2.49. The van der Waals surface area contributed by atoms with Gasteiger partial charge in [0.05, 0.1) is 17.4 Å². The zero-order valence-corrected chi connectivity index (χ0v) is 17.7. The van der Waals surface area contributed by atoms with Gasteiger partial charge in [-0.05, 0) is 35.9 Å². The maximum Gasteiger partial charge on any atom is 0.256 e. The first kappa shape index (κ1) is 22.1. The van der Waals surface area contributed by atoms with Crippen molar-refractivity contribution >= 4 is 29.4 Å². The van der Waals surface area contributed by atoms with Crippen molar-refractivity contribution in [3.8, 4) is 0 Å². The number of anilines is 2. The van der Waals surface area contributed by atoms with Crippen molar-refractivity contribution in [2.24, 2.45) is 0 Å². The van der Waals surface area contributed by atoms with E-state index in [-0.39, 0.29) is 11.5 Å². The van der Waals surface area contributed by atoms with E-state index in [2.05, 4.69) is 10.3 Å². The first-order valence-electron chi connectivity index (χ1n) is 10.5. The van der Waals surface area contributed by atoms with Crippen LogP contribution in [0.25, 0.3) is 6.08 Å². The Balaban J connectivity index is 1.30. The fourth-order valence-electron chi connectivity index (χ4n) is 3.54. The van der Waals surface area contributed by atoms with Crippen LogP contribution in [-0.4, -0.2) is 47.9 Å². The number of carbonyl (C=O) groups excluding carboxylic acids is 2. The summed E-state index contributed by atoms with van der Waals surface area (Å²) in [6, 6.07) is 16.0. The summed E-state index contributed by atoms with van der Waals surface area (Å²) in [5.41, 5.74) is 1.37. The van der Waals surface area contributed by atoms with Gasteiger partial charge >= 0.3 is 0 Å². The van der Waals surface area contributed by atoms with Crippen molar-refractivity contribution in [3.63, 3.8) is 0 Å². The third kappa shape index (κ3) is 5.60. The summed E-state index contributed by atoms with van der Waals surface area (Å²) in [5, 5.41) is 2.77. The predicted octanol–water partition coefficient (Wildman–Crippen LogP) is 3.97. The van der Waals surface area contributed by atoms with E-state index in [0.717, 1.165) is 11.6 Å². The summed E-state index contributed by atoms with van der Waals surface area (Å²) in [4.78, 5) is 32.6. The number of hydrogen-bond acceptors (Lipinski definition) is 4. The monoisotopic (exact) mass is 448 g/mol. The molecule has 168 valence electrons. The van der Waals surface area contributed by atoms with Gasteiger partial charge < -0.3 is 15.1 Å². The molecule has 1 N–H and O–H groups in total. The van der Waals surface area contributed by atoms with Crippen molar-refractivity contribution in [1.82, 2.24) is 9.88 Å². The minimum absolute atomic E-state index is 0.135. The average molecular weight is 448 g/mol. The summed E-state index contributed by atoms with van der Waals surface area (Å²) < 4.78 is 27.0. The van der Waals surface area contributed by atoms with Crippen LogP contribution in [-0.2, 0) is 4.79 Å².